The maximum Gasteiger partial charge on any atom is 0.573 e. The topological polar surface area (TPSA) is 62.4 Å². The lowest BCUT2D eigenvalue weighted by atomic mass is 9.90. The van der Waals surface area contributed by atoms with E-state index in [0.717, 1.165) is 18.4 Å². The van der Waals surface area contributed by atoms with Crippen molar-refractivity contribution in [2.45, 2.75) is 38.1 Å². The number of nitrogens with zero attached hydrogens (tertiary/aromatic N) is 1. The van der Waals surface area contributed by atoms with Crippen LogP contribution in [-0.2, 0) is 6.42 Å². The summed E-state index contributed by atoms with van der Waals surface area (Å²) in [7, 11) is 0. The molecular weight excluding hydrogens is 361 g/mol. The Labute approximate surface area is 153 Å². The number of aromatic amines is 1. The van der Waals surface area contributed by atoms with Crippen LogP contribution in [0.25, 0.3) is 0 Å². The Morgan fingerprint density at radius 2 is 1.93 bits per heavy atom. The summed E-state index contributed by atoms with van der Waals surface area (Å²) in [6, 6.07) is 10.1. The highest BCUT2D eigenvalue weighted by Crippen LogP contribution is 2.34. The summed E-state index contributed by atoms with van der Waals surface area (Å²) in [4.78, 5) is 28.6. The third-order valence-electron chi connectivity index (χ3n) is 4.73. The number of rotatable bonds is 4. The van der Waals surface area contributed by atoms with E-state index in [1.54, 1.807) is 23.1 Å². The van der Waals surface area contributed by atoms with E-state index in [1.807, 2.05) is 6.92 Å². The molecule has 1 fully saturated rings. The molecule has 1 aromatic carbocycles. The van der Waals surface area contributed by atoms with Gasteiger partial charge in [-0.05, 0) is 49.9 Å². The van der Waals surface area contributed by atoms with Crippen molar-refractivity contribution < 1.29 is 22.7 Å². The predicted molar refractivity (Wildman–Crippen MR) is 92.6 cm³/mol. The van der Waals surface area contributed by atoms with E-state index in [2.05, 4.69) is 9.72 Å². The number of benzene rings is 1. The molecule has 0 saturated carbocycles. The van der Waals surface area contributed by atoms with E-state index in [1.165, 1.54) is 24.3 Å². The van der Waals surface area contributed by atoms with E-state index in [4.69, 9.17) is 0 Å². The van der Waals surface area contributed by atoms with Gasteiger partial charge in [0.15, 0.2) is 0 Å². The highest BCUT2D eigenvalue weighted by atomic mass is 19.4. The highest BCUT2D eigenvalue weighted by Gasteiger charge is 2.40. The second-order valence-corrected chi connectivity index (χ2v) is 6.85. The summed E-state index contributed by atoms with van der Waals surface area (Å²) < 4.78 is 40.7. The van der Waals surface area contributed by atoms with Gasteiger partial charge in [-0.2, -0.15) is 0 Å². The zero-order valence-corrected chi connectivity index (χ0v) is 14.7. The number of ether oxygens (including phenoxy) is 1. The van der Waals surface area contributed by atoms with Crippen molar-refractivity contribution in [3.05, 3.63) is 64.1 Å². The molecule has 2 aromatic rings. The molecule has 144 valence electrons. The average molecular weight is 380 g/mol. The molecule has 0 aliphatic carbocycles. The van der Waals surface area contributed by atoms with Gasteiger partial charge in [0, 0.05) is 18.2 Å². The molecule has 0 radical (unpaired) electrons. The monoisotopic (exact) mass is 380 g/mol. The number of carbonyl (C=O) groups excluding carboxylic acids is 1. The molecule has 1 saturated heterocycles. The first-order valence-corrected chi connectivity index (χ1v) is 8.52. The molecule has 1 atom stereocenters. The van der Waals surface area contributed by atoms with Gasteiger partial charge in [-0.1, -0.05) is 18.2 Å². The summed E-state index contributed by atoms with van der Waals surface area (Å²) in [5.74, 6) is -0.539. The number of hydrogen-bond donors (Lipinski definition) is 1. The summed E-state index contributed by atoms with van der Waals surface area (Å²) in [6.45, 7) is 2.50. The third-order valence-corrected chi connectivity index (χ3v) is 4.73. The summed E-state index contributed by atoms with van der Waals surface area (Å²) in [5, 5.41) is 0. The van der Waals surface area contributed by atoms with Gasteiger partial charge in [0.25, 0.3) is 5.91 Å². The molecule has 1 aromatic heterocycles. The Morgan fingerprint density at radius 1 is 1.22 bits per heavy atom. The number of halogens is 3. The first kappa shape index (κ1) is 19.0. The molecule has 1 N–H and O–H groups in total. The normalized spacial score (nSPS) is 19.9. The fourth-order valence-corrected chi connectivity index (χ4v) is 3.52. The molecule has 0 bridgehead atoms. The molecule has 8 heteroatoms. The van der Waals surface area contributed by atoms with Crippen LogP contribution in [0.15, 0.2) is 47.3 Å². The van der Waals surface area contributed by atoms with Crippen molar-refractivity contribution in [1.82, 2.24) is 9.88 Å². The Kier molecular flexibility index (Phi) is 4.99. The fourth-order valence-electron chi connectivity index (χ4n) is 3.52. The van der Waals surface area contributed by atoms with Gasteiger partial charge in [-0.15, -0.1) is 13.2 Å². The molecule has 3 rings (SSSR count). The van der Waals surface area contributed by atoms with Gasteiger partial charge in [-0.3, -0.25) is 9.59 Å². The van der Waals surface area contributed by atoms with Crippen LogP contribution in [0.5, 0.6) is 5.75 Å². The van der Waals surface area contributed by atoms with Gasteiger partial charge in [0.1, 0.15) is 11.4 Å². The van der Waals surface area contributed by atoms with Crippen LogP contribution in [0.3, 0.4) is 0 Å². The molecular formula is C19H19F3N2O3. The van der Waals surface area contributed by atoms with E-state index < -0.39 is 11.9 Å². The number of H-pyrrole nitrogens is 1. The lowest BCUT2D eigenvalue weighted by molar-refractivity contribution is -0.274. The quantitative estimate of drug-likeness (QED) is 0.883. The number of aromatic nitrogens is 1. The van der Waals surface area contributed by atoms with E-state index >= 15 is 0 Å². The number of carbonyl (C=O) groups is 1. The van der Waals surface area contributed by atoms with Crippen LogP contribution in [0.2, 0.25) is 0 Å². The summed E-state index contributed by atoms with van der Waals surface area (Å²) >= 11 is 0. The highest BCUT2D eigenvalue weighted by molar-refractivity contribution is 5.93. The Morgan fingerprint density at radius 3 is 2.56 bits per heavy atom. The number of pyridine rings is 1. The number of alkyl halides is 3. The molecule has 1 amide bonds. The Hall–Kier alpha value is -2.77. The minimum absolute atomic E-state index is 0.226. The van der Waals surface area contributed by atoms with Crippen molar-refractivity contribution >= 4 is 5.91 Å². The van der Waals surface area contributed by atoms with Crippen LogP contribution in [-0.4, -0.2) is 34.2 Å². The minimum Gasteiger partial charge on any atom is -0.406 e. The predicted octanol–water partition coefficient (Wildman–Crippen LogP) is 3.51. The van der Waals surface area contributed by atoms with Crippen molar-refractivity contribution in [2.24, 2.45) is 0 Å². The molecule has 1 aliphatic rings. The maximum absolute atomic E-state index is 12.8. The van der Waals surface area contributed by atoms with Gasteiger partial charge in [0.05, 0.1) is 0 Å². The fraction of sp³-hybridized carbons (Fsp3) is 0.368. The molecule has 2 heterocycles. The Bertz CT molecular complexity index is 877. The van der Waals surface area contributed by atoms with Gasteiger partial charge in [-0.25, -0.2) is 0 Å². The molecule has 1 aliphatic heterocycles. The van der Waals surface area contributed by atoms with Crippen LogP contribution in [0.1, 0.15) is 35.8 Å². The zero-order valence-electron chi connectivity index (χ0n) is 14.7. The van der Waals surface area contributed by atoms with Crippen molar-refractivity contribution in [2.75, 3.05) is 6.54 Å². The van der Waals surface area contributed by atoms with Crippen molar-refractivity contribution in [3.8, 4) is 5.75 Å². The lowest BCUT2D eigenvalue weighted by Gasteiger charge is -2.35. The standard InChI is InChI=1S/C19H19F3N2O3/c1-18(12-13-6-8-14(9-7-13)27-19(20,21)22)10-3-11-24(18)17(26)15-4-2-5-16(25)23-15/h2,4-9H,3,10-12H2,1H3,(H,23,25). The lowest BCUT2D eigenvalue weighted by Crippen LogP contribution is -2.47. The number of likely N-dealkylation sites (tertiary alicyclic amines) is 1. The second-order valence-electron chi connectivity index (χ2n) is 6.85. The molecule has 1 unspecified atom stereocenters. The summed E-state index contributed by atoms with van der Waals surface area (Å²) in [5.41, 5.74) is 0.191. The third kappa shape index (κ3) is 4.50. The minimum atomic E-state index is -4.73. The molecule has 27 heavy (non-hydrogen) atoms. The average Bonchev–Trinajstić information content (AvgIpc) is 2.96. The van der Waals surface area contributed by atoms with Crippen LogP contribution in [0, 0.1) is 0 Å². The van der Waals surface area contributed by atoms with Crippen molar-refractivity contribution in [3.63, 3.8) is 0 Å². The number of nitrogens with one attached hydrogen (secondary N) is 1. The molecule has 0 spiro atoms. The SMILES string of the molecule is CC1(Cc2ccc(OC(F)(F)F)cc2)CCCN1C(=O)c1cccc(=O)[nH]1. The maximum atomic E-state index is 12.8. The second kappa shape index (κ2) is 7.09. The van der Waals surface area contributed by atoms with Crippen LogP contribution >= 0.6 is 0 Å². The molecule has 5 nitrogen and oxygen atoms in total. The summed E-state index contributed by atoms with van der Waals surface area (Å²) in [6.07, 6.45) is -2.66. The Balaban J connectivity index is 1.76. The smallest absolute Gasteiger partial charge is 0.406 e. The first-order valence-electron chi connectivity index (χ1n) is 8.52. The number of amides is 1. The van der Waals surface area contributed by atoms with Crippen LogP contribution in [0.4, 0.5) is 13.2 Å². The zero-order chi connectivity index (χ0) is 19.7. The van der Waals surface area contributed by atoms with E-state index in [0.29, 0.717) is 13.0 Å². The van der Waals surface area contributed by atoms with Gasteiger partial charge in [0.2, 0.25) is 5.56 Å². The number of hydrogen-bond acceptors (Lipinski definition) is 3. The van der Waals surface area contributed by atoms with E-state index in [9.17, 15) is 22.8 Å². The van der Waals surface area contributed by atoms with Crippen molar-refractivity contribution in [1.29, 1.82) is 0 Å². The van der Waals surface area contributed by atoms with E-state index in [-0.39, 0.29) is 22.9 Å². The van der Waals surface area contributed by atoms with Gasteiger partial charge < -0.3 is 14.6 Å². The largest absolute Gasteiger partial charge is 0.573 e. The van der Waals surface area contributed by atoms with Crippen LogP contribution < -0.4 is 10.3 Å². The van der Waals surface area contributed by atoms with Gasteiger partial charge >= 0.3 is 6.36 Å². The first-order chi connectivity index (χ1) is 12.7.